The summed E-state index contributed by atoms with van der Waals surface area (Å²) >= 11 is 3.11. The fraction of sp³-hybridized carbons (Fsp3) is 0.273. The lowest BCUT2D eigenvalue weighted by Gasteiger charge is -2.26. The first kappa shape index (κ1) is 13.7. The Bertz CT molecular complexity index is 762. The van der Waals surface area contributed by atoms with Gasteiger partial charge in [-0.3, -0.25) is 0 Å². The second kappa shape index (κ2) is 4.90. The van der Waals surface area contributed by atoms with Gasteiger partial charge in [0.15, 0.2) is 0 Å². The van der Waals surface area contributed by atoms with Crippen LogP contribution in [-0.4, -0.2) is 34.0 Å². The number of hydrogen-bond donors (Lipinski definition) is 0. The number of rotatable bonds is 2. The van der Waals surface area contributed by atoms with Crippen molar-refractivity contribution < 1.29 is 12.8 Å². The summed E-state index contributed by atoms with van der Waals surface area (Å²) in [6.07, 6.45) is 1.56. The van der Waals surface area contributed by atoms with Gasteiger partial charge >= 0.3 is 0 Å². The average molecular weight is 361 g/mol. The van der Waals surface area contributed by atoms with Crippen LogP contribution >= 0.6 is 15.9 Å². The van der Waals surface area contributed by atoms with Crippen LogP contribution in [0.3, 0.4) is 0 Å². The van der Waals surface area contributed by atoms with Gasteiger partial charge in [0.05, 0.1) is 6.54 Å². The Labute approximate surface area is 123 Å². The molecule has 1 aromatic heterocycles. The van der Waals surface area contributed by atoms with Crippen LogP contribution < -0.4 is 0 Å². The second-order valence-electron chi connectivity index (χ2n) is 4.35. The van der Waals surface area contributed by atoms with Gasteiger partial charge in [-0.15, -0.1) is 10.2 Å². The molecule has 2 heterocycles. The van der Waals surface area contributed by atoms with Crippen LogP contribution in [0, 0.1) is 5.82 Å². The van der Waals surface area contributed by atoms with E-state index in [2.05, 4.69) is 26.1 Å². The quantitative estimate of drug-likeness (QED) is 0.811. The minimum Gasteiger partial charge on any atom is -0.315 e. The Morgan fingerprint density at radius 2 is 2.10 bits per heavy atom. The fourth-order valence-electron chi connectivity index (χ4n) is 2.07. The van der Waals surface area contributed by atoms with Crippen LogP contribution in [0.15, 0.2) is 33.9 Å². The summed E-state index contributed by atoms with van der Waals surface area (Å²) < 4.78 is 42.3. The first-order valence-corrected chi connectivity index (χ1v) is 8.03. The molecule has 0 unspecified atom stereocenters. The van der Waals surface area contributed by atoms with E-state index >= 15 is 0 Å². The third kappa shape index (κ3) is 2.25. The molecule has 1 aliphatic rings. The van der Waals surface area contributed by atoms with E-state index in [1.54, 1.807) is 10.9 Å². The zero-order valence-electron chi connectivity index (χ0n) is 10.2. The van der Waals surface area contributed by atoms with Gasteiger partial charge in [-0.05, 0) is 18.2 Å². The van der Waals surface area contributed by atoms with Gasteiger partial charge in [0.2, 0.25) is 10.0 Å². The lowest BCUT2D eigenvalue weighted by molar-refractivity contribution is 0.334. The lowest BCUT2D eigenvalue weighted by Crippen LogP contribution is -2.38. The maximum atomic E-state index is 13.9. The normalized spacial score (nSPS) is 16.1. The highest BCUT2D eigenvalue weighted by Gasteiger charge is 2.31. The topological polar surface area (TPSA) is 68.1 Å². The molecule has 0 radical (unpaired) electrons. The van der Waals surface area contributed by atoms with Gasteiger partial charge < -0.3 is 4.57 Å². The Hall–Kier alpha value is -1.32. The number of fused-ring (bicyclic) bond motifs is 1. The van der Waals surface area contributed by atoms with Gasteiger partial charge in [0.1, 0.15) is 22.9 Å². The van der Waals surface area contributed by atoms with E-state index in [-0.39, 0.29) is 18.0 Å². The summed E-state index contributed by atoms with van der Waals surface area (Å²) in [5.74, 6) is -0.219. The number of sulfonamides is 1. The molecule has 2 aromatic rings. The molecule has 106 valence electrons. The third-order valence-corrected chi connectivity index (χ3v) is 5.49. The highest BCUT2D eigenvalue weighted by Crippen LogP contribution is 2.25. The first-order chi connectivity index (χ1) is 9.48. The standard InChI is InChI=1S/C11H10BrFN4O2S/c12-8-1-2-10(9(13)5-8)20(18,19)17-4-3-16-7-14-15-11(16)6-17/h1-2,5,7H,3-4,6H2. The molecule has 1 aromatic carbocycles. The Kier molecular flexibility index (Phi) is 3.35. The van der Waals surface area contributed by atoms with E-state index in [4.69, 9.17) is 0 Å². The van der Waals surface area contributed by atoms with E-state index < -0.39 is 15.8 Å². The predicted molar refractivity (Wildman–Crippen MR) is 71.7 cm³/mol. The SMILES string of the molecule is O=S(=O)(c1ccc(Br)cc1F)N1CCn2cnnc2C1. The molecule has 0 atom stereocenters. The predicted octanol–water partition coefficient (Wildman–Crippen LogP) is 1.38. The van der Waals surface area contributed by atoms with Crippen molar-refractivity contribution in [3.63, 3.8) is 0 Å². The van der Waals surface area contributed by atoms with Crippen LogP contribution in [0.1, 0.15) is 5.82 Å². The van der Waals surface area contributed by atoms with E-state index in [0.717, 1.165) is 6.07 Å². The number of nitrogens with zero attached hydrogens (tertiary/aromatic N) is 4. The summed E-state index contributed by atoms with van der Waals surface area (Å²) in [5.41, 5.74) is 0. The van der Waals surface area contributed by atoms with Crippen LogP contribution in [0.5, 0.6) is 0 Å². The smallest absolute Gasteiger partial charge is 0.246 e. The summed E-state index contributed by atoms with van der Waals surface area (Å²) in [7, 11) is -3.87. The number of aromatic nitrogens is 3. The van der Waals surface area contributed by atoms with E-state index in [9.17, 15) is 12.8 Å². The minimum absolute atomic E-state index is 0.0951. The molecule has 0 saturated carbocycles. The van der Waals surface area contributed by atoms with Crippen molar-refractivity contribution in [2.24, 2.45) is 0 Å². The average Bonchev–Trinajstić information content (AvgIpc) is 2.85. The molecule has 0 aliphatic carbocycles. The summed E-state index contributed by atoms with van der Waals surface area (Å²) in [4.78, 5) is -0.325. The molecule has 0 amide bonds. The van der Waals surface area contributed by atoms with Crippen molar-refractivity contribution in [3.05, 3.63) is 40.6 Å². The summed E-state index contributed by atoms with van der Waals surface area (Å²) in [6, 6.07) is 3.90. The Morgan fingerprint density at radius 3 is 2.85 bits per heavy atom. The molecule has 0 saturated heterocycles. The molecular weight excluding hydrogens is 351 g/mol. The monoisotopic (exact) mass is 360 g/mol. The molecular formula is C11H10BrFN4O2S. The van der Waals surface area contributed by atoms with E-state index in [1.807, 2.05) is 0 Å². The molecule has 20 heavy (non-hydrogen) atoms. The summed E-state index contributed by atoms with van der Waals surface area (Å²) in [5, 5.41) is 7.59. The van der Waals surface area contributed by atoms with Crippen molar-refractivity contribution in [1.29, 1.82) is 0 Å². The molecule has 1 aliphatic heterocycles. The minimum atomic E-state index is -3.87. The zero-order valence-corrected chi connectivity index (χ0v) is 12.6. The van der Waals surface area contributed by atoms with Crippen molar-refractivity contribution in [3.8, 4) is 0 Å². The number of halogens is 2. The first-order valence-electron chi connectivity index (χ1n) is 5.80. The second-order valence-corrected chi connectivity index (χ2v) is 7.18. The lowest BCUT2D eigenvalue weighted by atomic mass is 10.3. The van der Waals surface area contributed by atoms with Crippen LogP contribution in [0.2, 0.25) is 0 Å². The molecule has 3 rings (SSSR count). The van der Waals surface area contributed by atoms with Crippen LogP contribution in [0.25, 0.3) is 0 Å². The van der Waals surface area contributed by atoms with Gasteiger partial charge in [-0.2, -0.15) is 4.31 Å². The Morgan fingerprint density at radius 1 is 1.30 bits per heavy atom. The van der Waals surface area contributed by atoms with E-state index in [0.29, 0.717) is 16.8 Å². The third-order valence-electron chi connectivity index (χ3n) is 3.12. The van der Waals surface area contributed by atoms with Crippen molar-refractivity contribution in [2.45, 2.75) is 18.0 Å². The van der Waals surface area contributed by atoms with Gasteiger partial charge in [-0.1, -0.05) is 15.9 Å². The van der Waals surface area contributed by atoms with Crippen LogP contribution in [-0.2, 0) is 23.1 Å². The molecule has 0 spiro atoms. The zero-order chi connectivity index (χ0) is 14.3. The largest absolute Gasteiger partial charge is 0.315 e. The number of benzene rings is 1. The van der Waals surface area contributed by atoms with E-state index in [1.165, 1.54) is 16.4 Å². The van der Waals surface area contributed by atoms with Gasteiger partial charge in [-0.25, -0.2) is 12.8 Å². The van der Waals surface area contributed by atoms with Crippen molar-refractivity contribution >= 4 is 26.0 Å². The van der Waals surface area contributed by atoms with Crippen molar-refractivity contribution in [2.75, 3.05) is 6.54 Å². The van der Waals surface area contributed by atoms with Crippen molar-refractivity contribution in [1.82, 2.24) is 19.1 Å². The van der Waals surface area contributed by atoms with Gasteiger partial charge in [0, 0.05) is 17.6 Å². The molecule has 6 nitrogen and oxygen atoms in total. The maximum Gasteiger partial charge on any atom is 0.246 e. The highest BCUT2D eigenvalue weighted by atomic mass is 79.9. The van der Waals surface area contributed by atoms with Gasteiger partial charge in [0.25, 0.3) is 0 Å². The Balaban J connectivity index is 1.97. The van der Waals surface area contributed by atoms with Crippen LogP contribution in [0.4, 0.5) is 4.39 Å². The summed E-state index contributed by atoms with van der Waals surface area (Å²) in [6.45, 7) is 0.820. The molecule has 9 heteroatoms. The highest BCUT2D eigenvalue weighted by molar-refractivity contribution is 9.10. The maximum absolute atomic E-state index is 13.9. The molecule has 0 bridgehead atoms. The fourth-order valence-corrected chi connectivity index (χ4v) is 3.84. The molecule has 0 N–H and O–H groups in total. The molecule has 0 fully saturated rings. The number of hydrogen-bond acceptors (Lipinski definition) is 4.